The summed E-state index contributed by atoms with van der Waals surface area (Å²) in [5.41, 5.74) is 8.20. The molecule has 0 aliphatic carbocycles. The Morgan fingerprint density at radius 2 is 1.89 bits per heavy atom. The largest absolute Gasteiger partial charge is 0.487 e. The lowest BCUT2D eigenvalue weighted by atomic mass is 9.88. The molecule has 0 amide bonds. The molecule has 1 aliphatic heterocycles. The number of rotatable bonds is 7. The summed E-state index contributed by atoms with van der Waals surface area (Å²) in [6, 6.07) is 10.7. The third kappa shape index (κ3) is 4.47. The first kappa shape index (κ1) is 20.2. The number of esters is 1. The van der Waals surface area contributed by atoms with Gasteiger partial charge in [0.05, 0.1) is 11.6 Å². The minimum absolute atomic E-state index is 0.0892. The number of hydrogen-bond acceptors (Lipinski definition) is 5. The van der Waals surface area contributed by atoms with Gasteiger partial charge in [-0.1, -0.05) is 30.7 Å². The number of benzene rings is 2. The number of nitrogens with two attached hydrogens (primary N) is 1. The first-order valence-corrected chi connectivity index (χ1v) is 9.84. The average Bonchev–Trinajstić information content (AvgIpc) is 2.97. The Morgan fingerprint density at radius 1 is 1.18 bits per heavy atom. The minimum atomic E-state index is -0.370. The second-order valence-corrected chi connectivity index (χ2v) is 7.48. The summed E-state index contributed by atoms with van der Waals surface area (Å²) in [5.74, 6) is 0.563. The molecule has 0 saturated heterocycles. The fourth-order valence-corrected chi connectivity index (χ4v) is 3.71. The number of hydrogen-bond donors (Lipinski definition) is 1. The highest BCUT2D eigenvalue weighted by molar-refractivity contribution is 6.31. The molecule has 0 bridgehead atoms. The van der Waals surface area contributed by atoms with Gasteiger partial charge in [0.2, 0.25) is 0 Å². The van der Waals surface area contributed by atoms with E-state index in [2.05, 4.69) is 0 Å². The van der Waals surface area contributed by atoms with Crippen LogP contribution < -0.4 is 15.2 Å². The van der Waals surface area contributed by atoms with Crippen LogP contribution in [0.5, 0.6) is 11.5 Å². The summed E-state index contributed by atoms with van der Waals surface area (Å²) >= 11 is 6.11. The number of ether oxygens (including phenoxy) is 2. The Kier molecular flexibility index (Phi) is 6.25. The van der Waals surface area contributed by atoms with Crippen molar-refractivity contribution in [3.8, 4) is 11.5 Å². The van der Waals surface area contributed by atoms with E-state index in [1.165, 1.54) is 0 Å². The lowest BCUT2D eigenvalue weighted by Crippen LogP contribution is -2.22. The first-order chi connectivity index (χ1) is 13.4. The van der Waals surface area contributed by atoms with Gasteiger partial charge < -0.3 is 15.2 Å². The molecule has 1 aliphatic rings. The third-order valence-corrected chi connectivity index (χ3v) is 5.05. The molecule has 0 aromatic heterocycles. The second-order valence-electron chi connectivity index (χ2n) is 7.05. The van der Waals surface area contributed by atoms with Gasteiger partial charge in [0.25, 0.3) is 0 Å². The zero-order valence-electron chi connectivity index (χ0n) is 16.0. The number of halogens is 1. The molecular formula is C22H24ClNO4. The molecule has 28 heavy (non-hydrogen) atoms. The molecule has 1 heterocycles. The summed E-state index contributed by atoms with van der Waals surface area (Å²) in [7, 11) is 0. The number of nitrogen functional groups attached to an aromatic ring is 1. The number of fused-ring (bicyclic) bond motifs is 1. The van der Waals surface area contributed by atoms with E-state index in [9.17, 15) is 9.59 Å². The lowest BCUT2D eigenvalue weighted by molar-refractivity contribution is -0.134. The van der Waals surface area contributed by atoms with E-state index in [-0.39, 0.29) is 23.8 Å². The Labute approximate surface area is 169 Å². The molecule has 2 unspecified atom stereocenters. The lowest BCUT2D eigenvalue weighted by Gasteiger charge is -2.14. The monoisotopic (exact) mass is 401 g/mol. The normalized spacial score (nSPS) is 17.7. The van der Waals surface area contributed by atoms with Crippen LogP contribution in [0.1, 0.15) is 50.2 Å². The van der Waals surface area contributed by atoms with E-state index in [1.54, 1.807) is 24.3 Å². The molecule has 2 aromatic carbocycles. The smallest absolute Gasteiger partial charge is 0.311 e. The predicted molar refractivity (Wildman–Crippen MR) is 109 cm³/mol. The van der Waals surface area contributed by atoms with Crippen LogP contribution in [0, 0.1) is 0 Å². The number of ketones is 1. The van der Waals surface area contributed by atoms with Crippen molar-refractivity contribution in [2.45, 2.75) is 51.6 Å². The molecule has 6 heteroatoms. The maximum absolute atomic E-state index is 12.9. The summed E-state index contributed by atoms with van der Waals surface area (Å²) < 4.78 is 11.0. The molecule has 5 nitrogen and oxygen atoms in total. The van der Waals surface area contributed by atoms with E-state index in [1.807, 2.05) is 26.0 Å². The van der Waals surface area contributed by atoms with Crippen molar-refractivity contribution in [1.29, 1.82) is 0 Å². The molecule has 148 valence electrons. The minimum Gasteiger partial charge on any atom is -0.487 e. The average molecular weight is 402 g/mol. The fraction of sp³-hybridized carbons (Fsp3) is 0.364. The van der Waals surface area contributed by atoms with E-state index >= 15 is 0 Å². The van der Waals surface area contributed by atoms with Crippen molar-refractivity contribution in [1.82, 2.24) is 0 Å². The molecule has 0 fully saturated rings. The zero-order chi connectivity index (χ0) is 20.3. The van der Waals surface area contributed by atoms with Crippen LogP contribution >= 0.6 is 11.6 Å². The fourth-order valence-electron chi connectivity index (χ4n) is 3.48. The summed E-state index contributed by atoms with van der Waals surface area (Å²) in [5, 5.41) is 0.500. The highest BCUT2D eigenvalue weighted by Gasteiger charge is 2.37. The second kappa shape index (κ2) is 8.65. The van der Waals surface area contributed by atoms with Crippen molar-refractivity contribution < 1.29 is 19.1 Å². The number of anilines is 1. The maximum atomic E-state index is 12.9. The molecule has 2 N–H and O–H groups in total. The van der Waals surface area contributed by atoms with Gasteiger partial charge in [-0.15, -0.1) is 0 Å². The molecule has 2 aromatic rings. The van der Waals surface area contributed by atoms with Gasteiger partial charge in [0, 0.05) is 23.4 Å². The van der Waals surface area contributed by atoms with Crippen LogP contribution in [0.3, 0.4) is 0 Å². The highest BCUT2D eigenvalue weighted by atomic mass is 35.5. The third-order valence-electron chi connectivity index (χ3n) is 4.84. The van der Waals surface area contributed by atoms with Gasteiger partial charge in [-0.25, -0.2) is 0 Å². The van der Waals surface area contributed by atoms with Crippen molar-refractivity contribution in [3.05, 3.63) is 52.5 Å². The molecular weight excluding hydrogens is 378 g/mol. The molecule has 3 rings (SSSR count). The number of Topliss-reactive ketones (excluding diaryl/α,β-unsaturated/α-hetero) is 1. The van der Waals surface area contributed by atoms with Gasteiger partial charge in [-0.05, 0) is 49.6 Å². The topological polar surface area (TPSA) is 78.6 Å². The number of carbonyl (C=O) groups excluding carboxylic acids is 2. The SMILES string of the molecule is CCCC(=O)Oc1ccc(CCC(=O)C2c3cc(Cl)cc(N)c3OC2C)cc1. The van der Waals surface area contributed by atoms with Crippen LogP contribution in [0.2, 0.25) is 5.02 Å². The first-order valence-electron chi connectivity index (χ1n) is 9.47. The number of aryl methyl sites for hydroxylation is 1. The Hall–Kier alpha value is -2.53. The predicted octanol–water partition coefficient (Wildman–Crippen LogP) is 4.69. The number of carbonyl (C=O) groups is 2. The maximum Gasteiger partial charge on any atom is 0.311 e. The van der Waals surface area contributed by atoms with Gasteiger partial charge in [0.1, 0.15) is 23.4 Å². The van der Waals surface area contributed by atoms with E-state index in [0.717, 1.165) is 17.5 Å². The summed E-state index contributed by atoms with van der Waals surface area (Å²) in [4.78, 5) is 24.4. The Balaban J connectivity index is 1.63. The quantitative estimate of drug-likeness (QED) is 0.413. The molecule has 0 spiro atoms. The Morgan fingerprint density at radius 3 is 2.57 bits per heavy atom. The zero-order valence-corrected chi connectivity index (χ0v) is 16.8. The summed E-state index contributed by atoms with van der Waals surface area (Å²) in [6.07, 6.45) is 1.84. The van der Waals surface area contributed by atoms with Crippen LogP contribution in [0.4, 0.5) is 5.69 Å². The molecule has 2 atom stereocenters. The van der Waals surface area contributed by atoms with Gasteiger partial charge in [0.15, 0.2) is 0 Å². The van der Waals surface area contributed by atoms with Crippen LogP contribution in [-0.4, -0.2) is 17.9 Å². The summed E-state index contributed by atoms with van der Waals surface area (Å²) in [6.45, 7) is 3.80. The molecule has 0 radical (unpaired) electrons. The van der Waals surface area contributed by atoms with E-state index in [4.69, 9.17) is 26.8 Å². The van der Waals surface area contributed by atoms with Crippen LogP contribution in [-0.2, 0) is 16.0 Å². The van der Waals surface area contributed by atoms with E-state index in [0.29, 0.717) is 41.5 Å². The Bertz CT molecular complexity index is 879. The van der Waals surface area contributed by atoms with Crippen molar-refractivity contribution >= 4 is 29.0 Å². The van der Waals surface area contributed by atoms with Crippen molar-refractivity contribution in [3.63, 3.8) is 0 Å². The van der Waals surface area contributed by atoms with Gasteiger partial charge >= 0.3 is 5.97 Å². The molecule has 0 saturated carbocycles. The van der Waals surface area contributed by atoms with Crippen LogP contribution in [0.15, 0.2) is 36.4 Å². The van der Waals surface area contributed by atoms with E-state index < -0.39 is 0 Å². The van der Waals surface area contributed by atoms with Gasteiger partial charge in [-0.2, -0.15) is 0 Å². The van der Waals surface area contributed by atoms with Crippen molar-refractivity contribution in [2.24, 2.45) is 0 Å². The standard InChI is InChI=1S/C22H24ClNO4/c1-3-4-20(26)28-16-8-5-14(6-9-16)7-10-19(25)21-13(2)27-22-17(21)11-15(23)12-18(22)24/h5-6,8-9,11-13,21H,3-4,7,10,24H2,1-2H3. The van der Waals surface area contributed by atoms with Crippen molar-refractivity contribution in [2.75, 3.05) is 5.73 Å². The van der Waals surface area contributed by atoms with Crippen LogP contribution in [0.25, 0.3) is 0 Å². The highest BCUT2D eigenvalue weighted by Crippen LogP contribution is 2.44. The van der Waals surface area contributed by atoms with Gasteiger partial charge in [-0.3, -0.25) is 9.59 Å².